The molecular formula is C24H26N2O4. The Morgan fingerprint density at radius 3 is 2.67 bits per heavy atom. The Balaban J connectivity index is 1.46. The van der Waals surface area contributed by atoms with Gasteiger partial charge in [-0.25, -0.2) is 4.98 Å². The number of aryl methyl sites for hydroxylation is 1. The van der Waals surface area contributed by atoms with Gasteiger partial charge in [-0.3, -0.25) is 4.79 Å². The first-order valence-corrected chi connectivity index (χ1v) is 10.1. The summed E-state index contributed by atoms with van der Waals surface area (Å²) in [6.45, 7) is 3.23. The molecule has 1 unspecified atom stereocenters. The predicted octanol–water partition coefficient (Wildman–Crippen LogP) is 4.23. The minimum Gasteiger partial charge on any atom is -0.493 e. The molecule has 1 aliphatic rings. The van der Waals surface area contributed by atoms with Gasteiger partial charge >= 0.3 is 0 Å². The molecule has 0 radical (unpaired) electrons. The molecule has 3 aromatic rings. The molecular weight excluding hydrogens is 380 g/mol. The minimum atomic E-state index is 0.0652. The third kappa shape index (κ3) is 3.90. The number of aromatic nitrogens is 1. The normalized spacial score (nSPS) is 16.0. The number of hydrogen-bond donors (Lipinski definition) is 0. The highest BCUT2D eigenvalue weighted by Gasteiger charge is 2.30. The number of hydrogen-bond acceptors (Lipinski definition) is 5. The summed E-state index contributed by atoms with van der Waals surface area (Å²) in [6, 6.07) is 15.6. The Hall–Kier alpha value is -3.28. The SMILES string of the molecule is COc1cccc(C2CCN(C(=O)Cc3nc(-c4ccccc4)oc3C)C2)c1OC. The standard InChI is InChI=1S/C24H26N2O4/c1-16-20(25-24(30-16)17-8-5-4-6-9-17)14-22(27)26-13-12-18(15-26)19-10-7-11-21(28-2)23(19)29-3/h4-11,18H,12-15H2,1-3H3. The zero-order chi connectivity index (χ0) is 21.1. The van der Waals surface area contributed by atoms with Gasteiger partial charge in [0.25, 0.3) is 0 Å². The fraction of sp³-hybridized carbons (Fsp3) is 0.333. The molecule has 30 heavy (non-hydrogen) atoms. The van der Waals surface area contributed by atoms with E-state index in [4.69, 9.17) is 13.9 Å². The summed E-state index contributed by atoms with van der Waals surface area (Å²) in [6.07, 6.45) is 1.13. The molecule has 4 rings (SSSR count). The summed E-state index contributed by atoms with van der Waals surface area (Å²) in [7, 11) is 3.28. The number of nitrogens with zero attached hydrogens (tertiary/aromatic N) is 2. The summed E-state index contributed by atoms with van der Waals surface area (Å²) >= 11 is 0. The van der Waals surface area contributed by atoms with E-state index in [-0.39, 0.29) is 18.2 Å². The van der Waals surface area contributed by atoms with Crippen LogP contribution in [0.1, 0.15) is 29.4 Å². The van der Waals surface area contributed by atoms with E-state index in [9.17, 15) is 4.79 Å². The topological polar surface area (TPSA) is 64.8 Å². The van der Waals surface area contributed by atoms with Crippen LogP contribution in [-0.4, -0.2) is 43.1 Å². The number of carbonyl (C=O) groups excluding carboxylic acids is 1. The van der Waals surface area contributed by atoms with Crippen molar-refractivity contribution >= 4 is 5.91 Å². The van der Waals surface area contributed by atoms with Crippen LogP contribution in [0.25, 0.3) is 11.5 Å². The molecule has 1 saturated heterocycles. The van der Waals surface area contributed by atoms with Gasteiger partial charge in [0, 0.05) is 30.1 Å². The zero-order valence-corrected chi connectivity index (χ0v) is 17.6. The molecule has 2 heterocycles. The van der Waals surface area contributed by atoms with E-state index in [1.54, 1.807) is 14.2 Å². The third-order valence-corrected chi connectivity index (χ3v) is 5.65. The molecule has 2 aromatic carbocycles. The quantitative estimate of drug-likeness (QED) is 0.613. The van der Waals surface area contributed by atoms with Gasteiger partial charge in [-0.1, -0.05) is 30.3 Å². The van der Waals surface area contributed by atoms with Crippen LogP contribution in [0.2, 0.25) is 0 Å². The Labute approximate surface area is 176 Å². The van der Waals surface area contributed by atoms with Crippen LogP contribution in [0.3, 0.4) is 0 Å². The average Bonchev–Trinajstić information content (AvgIpc) is 3.41. The zero-order valence-electron chi connectivity index (χ0n) is 17.6. The van der Waals surface area contributed by atoms with Crippen molar-refractivity contribution in [2.24, 2.45) is 0 Å². The monoisotopic (exact) mass is 406 g/mol. The lowest BCUT2D eigenvalue weighted by atomic mass is 9.97. The van der Waals surface area contributed by atoms with Crippen LogP contribution in [0.15, 0.2) is 52.9 Å². The van der Waals surface area contributed by atoms with Gasteiger partial charge in [0.05, 0.1) is 26.3 Å². The molecule has 6 nitrogen and oxygen atoms in total. The molecule has 1 amide bonds. The second-order valence-electron chi connectivity index (χ2n) is 7.47. The Kier molecular flexibility index (Phi) is 5.74. The lowest BCUT2D eigenvalue weighted by Crippen LogP contribution is -2.30. The van der Waals surface area contributed by atoms with Gasteiger partial charge in [0.1, 0.15) is 5.76 Å². The van der Waals surface area contributed by atoms with E-state index < -0.39 is 0 Å². The fourth-order valence-electron chi connectivity index (χ4n) is 4.03. The van der Waals surface area contributed by atoms with Gasteiger partial charge in [-0.2, -0.15) is 0 Å². The summed E-state index contributed by atoms with van der Waals surface area (Å²) in [4.78, 5) is 19.4. The highest BCUT2D eigenvalue weighted by Crippen LogP contribution is 2.39. The number of methoxy groups -OCH3 is 2. The van der Waals surface area contributed by atoms with Gasteiger partial charge in [0.2, 0.25) is 11.8 Å². The van der Waals surface area contributed by atoms with Crippen LogP contribution in [-0.2, 0) is 11.2 Å². The summed E-state index contributed by atoms with van der Waals surface area (Å²) < 4.78 is 16.8. The van der Waals surface area contributed by atoms with Gasteiger partial charge in [0.15, 0.2) is 11.5 Å². The Morgan fingerprint density at radius 1 is 1.13 bits per heavy atom. The lowest BCUT2D eigenvalue weighted by molar-refractivity contribution is -0.129. The molecule has 1 atom stereocenters. The molecule has 156 valence electrons. The van der Waals surface area contributed by atoms with Crippen molar-refractivity contribution in [1.29, 1.82) is 0 Å². The van der Waals surface area contributed by atoms with Crippen LogP contribution >= 0.6 is 0 Å². The van der Waals surface area contributed by atoms with Crippen molar-refractivity contribution in [2.75, 3.05) is 27.3 Å². The molecule has 6 heteroatoms. The number of para-hydroxylation sites is 1. The smallest absolute Gasteiger partial charge is 0.228 e. The number of ether oxygens (including phenoxy) is 2. The molecule has 0 aliphatic carbocycles. The van der Waals surface area contributed by atoms with Crippen LogP contribution in [0, 0.1) is 6.92 Å². The molecule has 0 saturated carbocycles. The first-order chi connectivity index (χ1) is 14.6. The maximum absolute atomic E-state index is 13.0. The van der Waals surface area contributed by atoms with Crippen molar-refractivity contribution in [3.05, 3.63) is 65.5 Å². The first kappa shape index (κ1) is 20.0. The lowest BCUT2D eigenvalue weighted by Gasteiger charge is -2.19. The number of benzene rings is 2. The number of amides is 1. The van der Waals surface area contributed by atoms with E-state index in [1.165, 1.54) is 0 Å². The van der Waals surface area contributed by atoms with Crippen molar-refractivity contribution in [2.45, 2.75) is 25.7 Å². The molecule has 1 aliphatic heterocycles. The fourth-order valence-corrected chi connectivity index (χ4v) is 4.03. The van der Waals surface area contributed by atoms with Gasteiger partial charge in [-0.15, -0.1) is 0 Å². The molecule has 0 bridgehead atoms. The van der Waals surface area contributed by atoms with E-state index in [0.717, 1.165) is 23.3 Å². The van der Waals surface area contributed by atoms with E-state index >= 15 is 0 Å². The summed E-state index contributed by atoms with van der Waals surface area (Å²) in [5, 5.41) is 0. The summed E-state index contributed by atoms with van der Waals surface area (Å²) in [5.41, 5.74) is 2.68. The average molecular weight is 406 g/mol. The largest absolute Gasteiger partial charge is 0.493 e. The second kappa shape index (κ2) is 8.61. The number of likely N-dealkylation sites (tertiary alicyclic amines) is 1. The van der Waals surface area contributed by atoms with E-state index in [0.29, 0.717) is 36.2 Å². The molecule has 0 spiro atoms. The van der Waals surface area contributed by atoms with Gasteiger partial charge < -0.3 is 18.8 Å². The van der Waals surface area contributed by atoms with E-state index in [2.05, 4.69) is 4.98 Å². The van der Waals surface area contributed by atoms with Gasteiger partial charge in [-0.05, 0) is 31.5 Å². The van der Waals surface area contributed by atoms with Crippen LogP contribution in [0.5, 0.6) is 11.5 Å². The Bertz CT molecular complexity index is 1030. The summed E-state index contributed by atoms with van der Waals surface area (Å²) in [5.74, 6) is 2.99. The van der Waals surface area contributed by atoms with Crippen molar-refractivity contribution in [1.82, 2.24) is 9.88 Å². The minimum absolute atomic E-state index is 0.0652. The van der Waals surface area contributed by atoms with Crippen molar-refractivity contribution < 1.29 is 18.7 Å². The number of oxazole rings is 1. The van der Waals surface area contributed by atoms with Crippen LogP contribution < -0.4 is 9.47 Å². The predicted molar refractivity (Wildman–Crippen MR) is 114 cm³/mol. The molecule has 1 aromatic heterocycles. The van der Waals surface area contributed by atoms with E-state index in [1.807, 2.05) is 60.4 Å². The van der Waals surface area contributed by atoms with Crippen LogP contribution in [0.4, 0.5) is 0 Å². The maximum atomic E-state index is 13.0. The highest BCUT2D eigenvalue weighted by atomic mass is 16.5. The van der Waals surface area contributed by atoms with Crippen molar-refractivity contribution in [3.63, 3.8) is 0 Å². The first-order valence-electron chi connectivity index (χ1n) is 10.1. The maximum Gasteiger partial charge on any atom is 0.228 e. The highest BCUT2D eigenvalue weighted by molar-refractivity contribution is 5.79. The second-order valence-corrected chi connectivity index (χ2v) is 7.47. The number of carbonyl (C=O) groups is 1. The Morgan fingerprint density at radius 2 is 1.93 bits per heavy atom. The molecule has 0 N–H and O–H groups in total. The number of rotatable bonds is 6. The van der Waals surface area contributed by atoms with Crippen molar-refractivity contribution in [3.8, 4) is 23.0 Å². The molecule has 1 fully saturated rings. The third-order valence-electron chi connectivity index (χ3n) is 5.65.